The fraction of sp³-hybridized carbons (Fsp3) is 0.444. The van der Waals surface area contributed by atoms with Gasteiger partial charge in [0.15, 0.2) is 0 Å². The van der Waals surface area contributed by atoms with E-state index in [0.29, 0.717) is 22.6 Å². The lowest BCUT2D eigenvalue weighted by molar-refractivity contribution is 0.0117. The smallest absolute Gasteiger partial charge is 0.410 e. The lowest BCUT2D eigenvalue weighted by Crippen LogP contribution is -2.41. The minimum Gasteiger partial charge on any atom is -0.492 e. The van der Waals surface area contributed by atoms with Crippen LogP contribution < -0.4 is 15.2 Å². The molecule has 3 aromatic carbocycles. The van der Waals surface area contributed by atoms with Crippen molar-refractivity contribution in [1.82, 2.24) is 9.62 Å². The summed E-state index contributed by atoms with van der Waals surface area (Å²) in [6, 6.07) is 19.7. The lowest BCUT2D eigenvalue weighted by atomic mass is 9.89. The summed E-state index contributed by atoms with van der Waals surface area (Å²) in [4.78, 5) is 27.5. The van der Waals surface area contributed by atoms with Gasteiger partial charge in [-0.05, 0) is 98.5 Å². The van der Waals surface area contributed by atoms with Crippen molar-refractivity contribution in [1.29, 1.82) is 0 Å². The molecule has 260 valence electrons. The molecule has 1 fully saturated rings. The molecule has 0 aliphatic heterocycles. The van der Waals surface area contributed by atoms with Crippen LogP contribution in [0.15, 0.2) is 66.7 Å². The van der Waals surface area contributed by atoms with Gasteiger partial charge < -0.3 is 30.3 Å². The van der Waals surface area contributed by atoms with E-state index >= 15 is 0 Å². The van der Waals surface area contributed by atoms with Gasteiger partial charge in [-0.2, -0.15) is 0 Å². The number of hydrogen-bond donors (Lipinski definition) is 4. The molecule has 5 N–H and O–H groups in total. The molecular formula is C36H47N3O8S. The topological polar surface area (TPSA) is 168 Å². The number of amides is 2. The SMILES string of the molecule is CC(C)(C)OC(=O)N(CCOc1ccc(-c2ccc(C(=O)NS(=O)(=O)CCCO)c(C3CCCC3)c2)cc1)C[C@H](O)c1ccc(N)cc1. The number of carbonyl (C=O) groups excluding carboxylic acids is 2. The van der Waals surface area contributed by atoms with Gasteiger partial charge in [-0.15, -0.1) is 0 Å². The number of aliphatic hydroxyl groups excluding tert-OH is 2. The average Bonchev–Trinajstić information content (AvgIpc) is 3.58. The largest absolute Gasteiger partial charge is 0.492 e. The first-order valence-electron chi connectivity index (χ1n) is 16.3. The number of aliphatic hydroxyl groups is 2. The van der Waals surface area contributed by atoms with Crippen molar-refractivity contribution < 1.29 is 37.7 Å². The number of hydrogen-bond acceptors (Lipinski definition) is 9. The van der Waals surface area contributed by atoms with Crippen LogP contribution in [0.4, 0.5) is 10.5 Å². The van der Waals surface area contributed by atoms with Crippen molar-refractivity contribution in [2.75, 3.05) is 37.8 Å². The summed E-state index contributed by atoms with van der Waals surface area (Å²) in [7, 11) is -3.86. The minimum atomic E-state index is -3.86. The standard InChI is InChI=1S/C36H47N3O8S/c1-36(2,3)47-35(43)39(24-33(41)27-9-14-29(37)15-10-27)19-21-46-30-16-11-25(12-17-30)28-13-18-31(32(23-28)26-7-4-5-8-26)34(42)38-48(44,45)22-6-20-40/h9-18,23,26,33,40-41H,4-8,19-22,24,37H2,1-3H3,(H,38,42)/t33-/m0/s1. The number of nitrogens with two attached hydrogens (primary N) is 1. The van der Waals surface area contributed by atoms with Crippen molar-refractivity contribution in [3.8, 4) is 16.9 Å². The summed E-state index contributed by atoms with van der Waals surface area (Å²) in [5, 5.41) is 19.8. The van der Waals surface area contributed by atoms with E-state index in [1.54, 1.807) is 57.2 Å². The summed E-state index contributed by atoms with van der Waals surface area (Å²) in [5.74, 6) is -0.251. The molecule has 0 radical (unpaired) electrons. The second-order valence-electron chi connectivity index (χ2n) is 13.1. The predicted molar refractivity (Wildman–Crippen MR) is 185 cm³/mol. The Kier molecular flexibility index (Phi) is 12.5. The van der Waals surface area contributed by atoms with E-state index in [2.05, 4.69) is 4.72 Å². The Labute approximate surface area is 283 Å². The third-order valence-electron chi connectivity index (χ3n) is 8.09. The fourth-order valence-corrected chi connectivity index (χ4v) is 6.66. The van der Waals surface area contributed by atoms with Crippen LogP contribution in [-0.2, 0) is 14.8 Å². The highest BCUT2D eigenvalue weighted by Crippen LogP contribution is 2.38. The van der Waals surface area contributed by atoms with Crippen molar-refractivity contribution in [2.45, 2.75) is 70.5 Å². The third-order valence-corrected chi connectivity index (χ3v) is 9.42. The van der Waals surface area contributed by atoms with Gasteiger partial charge in [-0.25, -0.2) is 17.9 Å². The number of anilines is 1. The zero-order chi connectivity index (χ0) is 34.9. The Morgan fingerprint density at radius 3 is 2.27 bits per heavy atom. The monoisotopic (exact) mass is 681 g/mol. The highest BCUT2D eigenvalue weighted by atomic mass is 32.2. The summed E-state index contributed by atoms with van der Waals surface area (Å²) in [5.41, 5.74) is 9.20. The third kappa shape index (κ3) is 10.7. The van der Waals surface area contributed by atoms with E-state index in [1.165, 1.54) is 4.90 Å². The number of nitrogen functional groups attached to an aromatic ring is 1. The predicted octanol–water partition coefficient (Wildman–Crippen LogP) is 5.38. The molecular weight excluding hydrogens is 634 g/mol. The Morgan fingerprint density at radius 2 is 1.65 bits per heavy atom. The van der Waals surface area contributed by atoms with E-state index in [1.807, 2.05) is 30.3 Å². The maximum Gasteiger partial charge on any atom is 0.410 e. The van der Waals surface area contributed by atoms with E-state index in [0.717, 1.165) is 42.4 Å². The maximum absolute atomic E-state index is 13.1. The summed E-state index contributed by atoms with van der Waals surface area (Å²) >= 11 is 0. The molecule has 1 atom stereocenters. The van der Waals surface area contributed by atoms with Crippen LogP contribution in [-0.4, -0.2) is 73.2 Å². The van der Waals surface area contributed by atoms with Gasteiger partial charge in [-0.3, -0.25) is 4.79 Å². The molecule has 11 nitrogen and oxygen atoms in total. The van der Waals surface area contributed by atoms with E-state index < -0.39 is 33.7 Å². The molecule has 0 unspecified atom stereocenters. The Hall–Kier alpha value is -4.13. The molecule has 0 heterocycles. The fourth-order valence-electron chi connectivity index (χ4n) is 5.66. The molecule has 4 rings (SSSR count). The lowest BCUT2D eigenvalue weighted by Gasteiger charge is -2.29. The van der Waals surface area contributed by atoms with Crippen molar-refractivity contribution in [3.05, 3.63) is 83.4 Å². The second-order valence-corrected chi connectivity index (χ2v) is 14.9. The highest BCUT2D eigenvalue weighted by Gasteiger charge is 2.26. The molecule has 1 saturated carbocycles. The van der Waals surface area contributed by atoms with Gasteiger partial charge in [-0.1, -0.05) is 49.2 Å². The quantitative estimate of drug-likeness (QED) is 0.163. The van der Waals surface area contributed by atoms with Crippen molar-refractivity contribution in [2.24, 2.45) is 0 Å². The molecule has 12 heteroatoms. The molecule has 0 aromatic heterocycles. The Morgan fingerprint density at radius 1 is 1.00 bits per heavy atom. The van der Waals surface area contributed by atoms with Crippen LogP contribution in [0.25, 0.3) is 11.1 Å². The van der Waals surface area contributed by atoms with Crippen LogP contribution in [0, 0.1) is 0 Å². The zero-order valence-corrected chi connectivity index (χ0v) is 28.7. The van der Waals surface area contributed by atoms with Gasteiger partial charge in [0.1, 0.15) is 18.0 Å². The molecule has 0 saturated heterocycles. The summed E-state index contributed by atoms with van der Waals surface area (Å²) in [6.45, 7) is 5.40. The number of nitrogens with zero attached hydrogens (tertiary/aromatic N) is 1. The second kappa shape index (κ2) is 16.3. The average molecular weight is 682 g/mol. The number of benzene rings is 3. The van der Waals surface area contributed by atoms with Gasteiger partial charge in [0.25, 0.3) is 5.91 Å². The Balaban J connectivity index is 1.44. The van der Waals surface area contributed by atoms with Crippen LogP contribution >= 0.6 is 0 Å². The molecule has 2 amide bonds. The molecule has 3 aromatic rings. The molecule has 0 spiro atoms. The molecule has 1 aliphatic rings. The normalized spacial score (nSPS) is 14.4. The first kappa shape index (κ1) is 36.7. The number of ether oxygens (including phenoxy) is 2. The number of sulfonamides is 1. The number of carbonyl (C=O) groups is 2. The first-order valence-corrected chi connectivity index (χ1v) is 17.9. The van der Waals surface area contributed by atoms with Crippen molar-refractivity contribution >= 4 is 27.7 Å². The van der Waals surface area contributed by atoms with E-state index in [4.69, 9.17) is 20.3 Å². The van der Waals surface area contributed by atoms with Gasteiger partial charge in [0.05, 0.1) is 24.9 Å². The van der Waals surface area contributed by atoms with Crippen LogP contribution in [0.3, 0.4) is 0 Å². The van der Waals surface area contributed by atoms with Crippen LogP contribution in [0.2, 0.25) is 0 Å². The molecule has 1 aliphatic carbocycles. The van der Waals surface area contributed by atoms with Gasteiger partial charge in [0.2, 0.25) is 10.0 Å². The van der Waals surface area contributed by atoms with E-state index in [-0.39, 0.29) is 44.4 Å². The minimum absolute atomic E-state index is 0.00701. The maximum atomic E-state index is 13.1. The van der Waals surface area contributed by atoms with E-state index in [9.17, 15) is 23.1 Å². The van der Waals surface area contributed by atoms with Crippen LogP contribution in [0.1, 0.15) is 86.4 Å². The first-order chi connectivity index (χ1) is 22.7. The molecule has 0 bridgehead atoms. The highest BCUT2D eigenvalue weighted by molar-refractivity contribution is 7.90. The zero-order valence-electron chi connectivity index (χ0n) is 27.9. The van der Waals surface area contributed by atoms with Crippen molar-refractivity contribution in [3.63, 3.8) is 0 Å². The van der Waals surface area contributed by atoms with Gasteiger partial charge >= 0.3 is 6.09 Å². The Bertz CT molecular complexity index is 1630. The van der Waals surface area contributed by atoms with Gasteiger partial charge in [0, 0.05) is 17.9 Å². The van der Waals surface area contributed by atoms with Crippen LogP contribution in [0.5, 0.6) is 5.75 Å². The summed E-state index contributed by atoms with van der Waals surface area (Å²) < 4.78 is 38.4. The number of nitrogens with one attached hydrogen (secondary N) is 1. The molecule has 48 heavy (non-hydrogen) atoms. The number of rotatable bonds is 14. The summed E-state index contributed by atoms with van der Waals surface area (Å²) in [6.07, 6.45) is 2.47.